The van der Waals surface area contributed by atoms with Crippen LogP contribution >= 0.6 is 0 Å². The number of aromatic nitrogens is 2. The average Bonchev–Trinajstić information content (AvgIpc) is 2.74. The van der Waals surface area contributed by atoms with Crippen LogP contribution in [0, 0.1) is 0 Å². The summed E-state index contributed by atoms with van der Waals surface area (Å²) in [4.78, 5) is 40.8. The first-order valence-corrected chi connectivity index (χ1v) is 8.65. The van der Waals surface area contributed by atoms with E-state index >= 15 is 0 Å². The maximum absolute atomic E-state index is 12.4. The maximum Gasteiger partial charge on any atom is 0.387 e. The highest BCUT2D eigenvalue weighted by Gasteiger charge is 2.16. The van der Waals surface area contributed by atoms with Crippen LogP contribution in [0.3, 0.4) is 0 Å². The molecule has 3 rings (SSSR count). The number of Topliss-reactive ketones (excluding diaryl/α,β-unsaturated/α-hetero) is 1. The van der Waals surface area contributed by atoms with Gasteiger partial charge < -0.3 is 14.2 Å². The lowest BCUT2D eigenvalue weighted by Crippen LogP contribution is -2.26. The summed E-state index contributed by atoms with van der Waals surface area (Å²) in [7, 11) is 1.23. The number of ketones is 1. The number of hydrogen-bond donors (Lipinski definition) is 0. The van der Waals surface area contributed by atoms with Crippen LogP contribution in [0.4, 0.5) is 8.78 Å². The van der Waals surface area contributed by atoms with E-state index in [0.29, 0.717) is 10.9 Å². The molecule has 0 unspecified atom stereocenters. The lowest BCUT2D eigenvalue weighted by Gasteiger charge is -2.11. The van der Waals surface area contributed by atoms with Crippen molar-refractivity contribution >= 4 is 22.7 Å². The zero-order valence-electron chi connectivity index (χ0n) is 15.7. The second kappa shape index (κ2) is 9.12. The largest absolute Gasteiger partial charge is 0.493 e. The molecule has 0 aliphatic carbocycles. The molecule has 0 aliphatic rings. The number of halogens is 2. The van der Waals surface area contributed by atoms with Gasteiger partial charge in [-0.15, -0.1) is 0 Å². The molecule has 0 fully saturated rings. The summed E-state index contributed by atoms with van der Waals surface area (Å²) in [5.41, 5.74) is 0.157. The highest BCUT2D eigenvalue weighted by Crippen LogP contribution is 2.29. The predicted octanol–water partition coefficient (Wildman–Crippen LogP) is 2.43. The highest BCUT2D eigenvalue weighted by molar-refractivity contribution is 5.98. The fourth-order valence-corrected chi connectivity index (χ4v) is 2.67. The number of rotatable bonds is 8. The molecule has 0 atom stereocenters. The molecule has 0 aliphatic heterocycles. The van der Waals surface area contributed by atoms with Gasteiger partial charge in [0.1, 0.15) is 6.54 Å². The van der Waals surface area contributed by atoms with Crippen LogP contribution in [0.2, 0.25) is 0 Å². The summed E-state index contributed by atoms with van der Waals surface area (Å²) in [5, 5.41) is 0.349. The molecule has 156 valence electrons. The standard InChI is InChI=1S/C20H16F2N2O6/c1-28-17-8-12(6-7-16(17)30-20(21)22)15(25)10-29-18(26)9-24-11-23-14-5-3-2-4-13(14)19(24)27/h2-8,11,20H,9-10H2,1H3. The molecule has 0 saturated carbocycles. The molecule has 0 saturated heterocycles. The van der Waals surface area contributed by atoms with Gasteiger partial charge in [0.2, 0.25) is 0 Å². The van der Waals surface area contributed by atoms with Crippen LogP contribution in [0.25, 0.3) is 10.9 Å². The molecule has 3 aromatic rings. The third-order valence-electron chi connectivity index (χ3n) is 4.10. The molecule has 1 aromatic heterocycles. The Morgan fingerprint density at radius 1 is 1.13 bits per heavy atom. The molecular weight excluding hydrogens is 402 g/mol. The molecule has 2 aromatic carbocycles. The monoisotopic (exact) mass is 418 g/mol. The van der Waals surface area contributed by atoms with Crippen molar-refractivity contribution in [3.8, 4) is 11.5 Å². The molecular formula is C20H16F2N2O6. The van der Waals surface area contributed by atoms with E-state index in [1.54, 1.807) is 24.3 Å². The fourth-order valence-electron chi connectivity index (χ4n) is 2.67. The van der Waals surface area contributed by atoms with Gasteiger partial charge >= 0.3 is 12.6 Å². The number of nitrogens with zero attached hydrogens (tertiary/aromatic N) is 2. The number of hydrogen-bond acceptors (Lipinski definition) is 7. The van der Waals surface area contributed by atoms with Gasteiger partial charge in [-0.2, -0.15) is 8.78 Å². The minimum atomic E-state index is -3.05. The van der Waals surface area contributed by atoms with Gasteiger partial charge in [0.05, 0.1) is 24.3 Å². The summed E-state index contributed by atoms with van der Waals surface area (Å²) in [6.07, 6.45) is 1.22. The molecule has 0 N–H and O–H groups in total. The number of carbonyl (C=O) groups excluding carboxylic acids is 2. The molecule has 0 spiro atoms. The van der Waals surface area contributed by atoms with Crippen LogP contribution in [0.5, 0.6) is 11.5 Å². The van der Waals surface area contributed by atoms with E-state index in [-0.39, 0.29) is 17.1 Å². The second-order valence-electron chi connectivity index (χ2n) is 6.02. The summed E-state index contributed by atoms with van der Waals surface area (Å²) in [6, 6.07) is 10.3. The van der Waals surface area contributed by atoms with Crippen LogP contribution in [-0.4, -0.2) is 41.6 Å². The number of benzene rings is 2. The topological polar surface area (TPSA) is 96.7 Å². The van der Waals surface area contributed by atoms with Crippen molar-refractivity contribution in [3.05, 3.63) is 64.7 Å². The van der Waals surface area contributed by atoms with Gasteiger partial charge in [-0.1, -0.05) is 12.1 Å². The minimum absolute atomic E-state index is 0.0683. The molecule has 0 amide bonds. The molecule has 0 bridgehead atoms. The Morgan fingerprint density at radius 2 is 1.90 bits per heavy atom. The number of methoxy groups -OCH3 is 1. The van der Waals surface area contributed by atoms with Crippen LogP contribution in [0.15, 0.2) is 53.6 Å². The van der Waals surface area contributed by atoms with E-state index in [0.717, 1.165) is 10.6 Å². The average molecular weight is 418 g/mol. The van der Waals surface area contributed by atoms with E-state index in [4.69, 9.17) is 9.47 Å². The van der Waals surface area contributed by atoms with Crippen molar-refractivity contribution in [2.24, 2.45) is 0 Å². The molecule has 8 nitrogen and oxygen atoms in total. The van der Waals surface area contributed by atoms with Crippen molar-refractivity contribution in [2.45, 2.75) is 13.2 Å². The maximum atomic E-state index is 12.4. The van der Waals surface area contributed by atoms with E-state index in [2.05, 4.69) is 9.72 Å². The summed E-state index contributed by atoms with van der Waals surface area (Å²) in [5.74, 6) is -1.70. The number of para-hydroxylation sites is 1. The third-order valence-corrected chi connectivity index (χ3v) is 4.10. The van der Waals surface area contributed by atoms with E-state index in [9.17, 15) is 23.2 Å². The normalized spacial score (nSPS) is 10.8. The van der Waals surface area contributed by atoms with E-state index in [1.807, 2.05) is 0 Å². The Morgan fingerprint density at radius 3 is 2.63 bits per heavy atom. The lowest BCUT2D eigenvalue weighted by molar-refractivity contribution is -0.143. The number of alkyl halides is 2. The Bertz CT molecular complexity index is 1150. The summed E-state index contributed by atoms with van der Waals surface area (Å²) >= 11 is 0. The van der Waals surface area contributed by atoms with Gasteiger partial charge in [-0.3, -0.25) is 19.0 Å². The van der Waals surface area contributed by atoms with Gasteiger partial charge in [0.25, 0.3) is 5.56 Å². The van der Waals surface area contributed by atoms with Gasteiger partial charge in [-0.25, -0.2) is 4.98 Å². The van der Waals surface area contributed by atoms with Crippen molar-refractivity contribution < 1.29 is 32.6 Å². The Balaban J connectivity index is 1.64. The SMILES string of the molecule is COc1cc(C(=O)COC(=O)Cn2cnc3ccccc3c2=O)ccc1OC(F)F. The fraction of sp³-hybridized carbons (Fsp3) is 0.200. The van der Waals surface area contributed by atoms with Crippen molar-refractivity contribution in [2.75, 3.05) is 13.7 Å². The van der Waals surface area contributed by atoms with E-state index in [1.165, 1.54) is 25.6 Å². The summed E-state index contributed by atoms with van der Waals surface area (Å²) in [6.45, 7) is -4.07. The van der Waals surface area contributed by atoms with Crippen molar-refractivity contribution in [1.82, 2.24) is 9.55 Å². The first-order chi connectivity index (χ1) is 14.4. The number of ether oxygens (including phenoxy) is 3. The molecule has 0 radical (unpaired) electrons. The van der Waals surface area contributed by atoms with Gasteiger partial charge in [-0.05, 0) is 30.3 Å². The zero-order chi connectivity index (χ0) is 21.7. The van der Waals surface area contributed by atoms with Gasteiger partial charge in [0.15, 0.2) is 23.9 Å². The van der Waals surface area contributed by atoms with E-state index < -0.39 is 37.1 Å². The van der Waals surface area contributed by atoms with Crippen LogP contribution in [0.1, 0.15) is 10.4 Å². The first kappa shape index (κ1) is 20.9. The molecule has 10 heteroatoms. The number of esters is 1. The quantitative estimate of drug-likeness (QED) is 0.409. The highest BCUT2D eigenvalue weighted by atomic mass is 19.3. The predicted molar refractivity (Wildman–Crippen MR) is 101 cm³/mol. The Kier molecular flexibility index (Phi) is 6.35. The lowest BCUT2D eigenvalue weighted by atomic mass is 10.1. The Labute approximate surface area is 168 Å². The minimum Gasteiger partial charge on any atom is -0.493 e. The zero-order valence-corrected chi connectivity index (χ0v) is 15.7. The van der Waals surface area contributed by atoms with Crippen LogP contribution in [-0.2, 0) is 16.1 Å². The van der Waals surface area contributed by atoms with Crippen molar-refractivity contribution in [1.29, 1.82) is 0 Å². The summed E-state index contributed by atoms with van der Waals surface area (Å²) < 4.78 is 40.0. The third kappa shape index (κ3) is 4.77. The Hall–Kier alpha value is -3.82. The molecule has 1 heterocycles. The van der Waals surface area contributed by atoms with Crippen LogP contribution < -0.4 is 15.0 Å². The number of fused-ring (bicyclic) bond motifs is 1. The number of carbonyl (C=O) groups is 2. The van der Waals surface area contributed by atoms with Gasteiger partial charge in [0, 0.05) is 5.56 Å². The van der Waals surface area contributed by atoms with Crippen molar-refractivity contribution in [3.63, 3.8) is 0 Å². The molecule has 30 heavy (non-hydrogen) atoms. The first-order valence-electron chi connectivity index (χ1n) is 8.65. The second-order valence-corrected chi connectivity index (χ2v) is 6.02. The smallest absolute Gasteiger partial charge is 0.387 e.